The molecule has 0 fully saturated rings. The molecule has 0 N–H and O–H groups in total. The van der Waals surface area contributed by atoms with Crippen molar-refractivity contribution in [3.05, 3.63) is 57.7 Å². The Labute approximate surface area is 172 Å². The number of hydrogen-bond donors (Lipinski definition) is 0. The first-order valence-electron chi connectivity index (χ1n) is 8.62. The first-order chi connectivity index (χ1) is 13.2. The molecule has 2 aromatic carbocycles. The van der Waals surface area contributed by atoms with Gasteiger partial charge in [-0.3, -0.25) is 0 Å². The maximum Gasteiger partial charge on any atom is 0.340 e. The molecule has 0 aliphatic rings. The number of carbonyl (C=O) groups excluding carboxylic acids is 1. The highest BCUT2D eigenvalue weighted by Crippen LogP contribution is 2.36. The molecule has 8 heteroatoms. The summed E-state index contributed by atoms with van der Waals surface area (Å²) < 4.78 is 38.2. The van der Waals surface area contributed by atoms with Crippen LogP contribution < -0.4 is 4.18 Å². The maximum absolute atomic E-state index is 12.7. The summed E-state index contributed by atoms with van der Waals surface area (Å²) >= 11 is 3.37. The fourth-order valence-corrected chi connectivity index (χ4v) is 4.42. The van der Waals surface area contributed by atoms with E-state index in [9.17, 15) is 13.2 Å². The number of ether oxygens (including phenoxy) is 1. The number of rotatable bonds is 5. The molecule has 0 saturated carbocycles. The van der Waals surface area contributed by atoms with E-state index in [2.05, 4.69) is 15.9 Å². The third-order valence-electron chi connectivity index (χ3n) is 4.53. The molecule has 6 nitrogen and oxygen atoms in total. The third-order valence-corrected chi connectivity index (χ3v) is 6.40. The summed E-state index contributed by atoms with van der Waals surface area (Å²) in [6.07, 6.45) is 0. The molecule has 0 aliphatic carbocycles. The van der Waals surface area contributed by atoms with Crippen molar-refractivity contribution in [3.63, 3.8) is 0 Å². The molecule has 28 heavy (non-hydrogen) atoms. The van der Waals surface area contributed by atoms with Gasteiger partial charge in [-0.1, -0.05) is 17.7 Å². The van der Waals surface area contributed by atoms with Crippen LogP contribution in [0.4, 0.5) is 0 Å². The van der Waals surface area contributed by atoms with Crippen LogP contribution in [0.2, 0.25) is 0 Å². The van der Waals surface area contributed by atoms with Crippen molar-refractivity contribution in [1.82, 2.24) is 4.57 Å². The highest BCUT2D eigenvalue weighted by Gasteiger charge is 2.24. The largest absolute Gasteiger partial charge is 0.462 e. The third kappa shape index (κ3) is 3.66. The topological polar surface area (TPSA) is 74.6 Å². The Kier molecular flexibility index (Phi) is 5.54. The summed E-state index contributed by atoms with van der Waals surface area (Å²) in [7, 11) is -2.19. The van der Waals surface area contributed by atoms with Gasteiger partial charge in [0.2, 0.25) is 0 Å². The van der Waals surface area contributed by atoms with E-state index in [1.54, 1.807) is 31.2 Å². The van der Waals surface area contributed by atoms with Crippen LogP contribution in [0.3, 0.4) is 0 Å². The zero-order valence-electron chi connectivity index (χ0n) is 15.9. The Morgan fingerprint density at radius 2 is 1.79 bits per heavy atom. The average Bonchev–Trinajstić information content (AvgIpc) is 2.86. The maximum atomic E-state index is 12.7. The number of esters is 1. The molecular formula is C20H20BrNO5S. The number of aryl methyl sites for hydroxylation is 2. The standard InChI is InChI=1S/C20H20BrNO5S/c1-5-26-20(23)19-13(3)22(4)17-11-16(21)18(10-15(17)19)27-28(24,25)14-8-6-12(2)7-9-14/h6-11H,5H2,1-4H3. The second-order valence-electron chi connectivity index (χ2n) is 6.39. The van der Waals surface area contributed by atoms with Crippen molar-refractivity contribution >= 4 is 42.9 Å². The van der Waals surface area contributed by atoms with Crippen molar-refractivity contribution in [1.29, 1.82) is 0 Å². The van der Waals surface area contributed by atoms with Crippen LogP contribution in [0.15, 0.2) is 45.8 Å². The molecule has 1 aromatic heterocycles. The van der Waals surface area contributed by atoms with E-state index < -0.39 is 16.1 Å². The zero-order valence-corrected chi connectivity index (χ0v) is 18.3. The molecular weight excluding hydrogens is 446 g/mol. The summed E-state index contributed by atoms with van der Waals surface area (Å²) in [6, 6.07) is 9.67. The monoisotopic (exact) mass is 465 g/mol. The SMILES string of the molecule is CCOC(=O)c1c(C)n(C)c2cc(Br)c(OS(=O)(=O)c3ccc(C)cc3)cc12. The minimum Gasteiger partial charge on any atom is -0.462 e. The van der Waals surface area contributed by atoms with E-state index >= 15 is 0 Å². The van der Waals surface area contributed by atoms with E-state index in [4.69, 9.17) is 8.92 Å². The van der Waals surface area contributed by atoms with E-state index in [1.165, 1.54) is 12.1 Å². The van der Waals surface area contributed by atoms with Crippen LogP contribution >= 0.6 is 15.9 Å². The van der Waals surface area contributed by atoms with E-state index in [0.29, 0.717) is 15.4 Å². The Balaban J connectivity index is 2.12. The van der Waals surface area contributed by atoms with Crippen LogP contribution in [-0.2, 0) is 21.9 Å². The van der Waals surface area contributed by atoms with Gasteiger partial charge in [-0.25, -0.2) is 4.79 Å². The van der Waals surface area contributed by atoms with Crippen molar-refractivity contribution in [2.45, 2.75) is 25.7 Å². The van der Waals surface area contributed by atoms with Gasteiger partial charge in [0.05, 0.1) is 22.2 Å². The summed E-state index contributed by atoms with van der Waals surface area (Å²) in [6.45, 7) is 5.66. The van der Waals surface area contributed by atoms with E-state index in [0.717, 1.165) is 16.8 Å². The summed E-state index contributed by atoms with van der Waals surface area (Å²) in [5.74, 6) is -0.357. The fraction of sp³-hybridized carbons (Fsp3) is 0.250. The predicted octanol–water partition coefficient (Wildman–Crippen LogP) is 4.50. The van der Waals surface area contributed by atoms with Gasteiger partial charge >= 0.3 is 16.1 Å². The van der Waals surface area contributed by atoms with Crippen molar-refractivity contribution in [2.75, 3.05) is 6.61 Å². The van der Waals surface area contributed by atoms with Crippen LogP contribution in [-0.4, -0.2) is 25.6 Å². The normalized spacial score (nSPS) is 11.6. The lowest BCUT2D eigenvalue weighted by atomic mass is 10.1. The average molecular weight is 466 g/mol. The van der Waals surface area contributed by atoms with Crippen molar-refractivity contribution in [3.8, 4) is 5.75 Å². The highest BCUT2D eigenvalue weighted by molar-refractivity contribution is 9.10. The van der Waals surface area contributed by atoms with Gasteiger partial charge in [0.1, 0.15) is 4.90 Å². The molecule has 1 heterocycles. The highest BCUT2D eigenvalue weighted by atomic mass is 79.9. The van der Waals surface area contributed by atoms with Gasteiger partial charge in [-0.2, -0.15) is 8.42 Å². The zero-order chi connectivity index (χ0) is 20.6. The van der Waals surface area contributed by atoms with Crippen molar-refractivity contribution < 1.29 is 22.1 Å². The van der Waals surface area contributed by atoms with Gasteiger partial charge < -0.3 is 13.5 Å². The number of fused-ring (bicyclic) bond motifs is 1. The summed E-state index contributed by atoms with van der Waals surface area (Å²) in [5.41, 5.74) is 2.82. The minimum absolute atomic E-state index is 0.0555. The Bertz CT molecular complexity index is 1160. The van der Waals surface area contributed by atoms with Gasteiger partial charge in [0.25, 0.3) is 0 Å². The second-order valence-corrected chi connectivity index (χ2v) is 8.79. The number of benzene rings is 2. The molecule has 3 rings (SSSR count). The van der Waals surface area contributed by atoms with Crippen LogP contribution in [0.1, 0.15) is 28.5 Å². The molecule has 3 aromatic rings. The quantitative estimate of drug-likeness (QED) is 0.409. The number of aromatic nitrogens is 1. The molecule has 0 amide bonds. The lowest BCUT2D eigenvalue weighted by molar-refractivity contribution is 0.0527. The fourth-order valence-electron chi connectivity index (χ4n) is 2.96. The summed E-state index contributed by atoms with van der Waals surface area (Å²) in [5, 5.41) is 0.566. The Morgan fingerprint density at radius 1 is 1.14 bits per heavy atom. The van der Waals surface area contributed by atoms with Crippen LogP contribution in [0.5, 0.6) is 5.75 Å². The molecule has 0 bridgehead atoms. The molecule has 0 spiro atoms. The summed E-state index contributed by atoms with van der Waals surface area (Å²) in [4.78, 5) is 12.5. The Morgan fingerprint density at radius 3 is 2.39 bits per heavy atom. The van der Waals surface area contributed by atoms with E-state index in [1.807, 2.05) is 25.5 Å². The Hall–Kier alpha value is -2.32. The number of nitrogens with zero attached hydrogens (tertiary/aromatic N) is 1. The first-order valence-corrected chi connectivity index (χ1v) is 10.8. The second kappa shape index (κ2) is 7.60. The van der Waals surface area contributed by atoms with Gasteiger partial charge in [0, 0.05) is 18.1 Å². The smallest absolute Gasteiger partial charge is 0.340 e. The van der Waals surface area contributed by atoms with Gasteiger partial charge in [-0.15, -0.1) is 0 Å². The molecule has 0 aliphatic heterocycles. The lowest BCUT2D eigenvalue weighted by Crippen LogP contribution is -2.10. The molecule has 0 radical (unpaired) electrons. The minimum atomic E-state index is -4.02. The van der Waals surface area contributed by atoms with E-state index in [-0.39, 0.29) is 17.3 Å². The predicted molar refractivity (Wildman–Crippen MR) is 110 cm³/mol. The number of carbonyl (C=O) groups is 1. The number of hydrogen-bond acceptors (Lipinski definition) is 5. The molecule has 0 unspecified atom stereocenters. The molecule has 148 valence electrons. The van der Waals surface area contributed by atoms with Gasteiger partial charge in [0.15, 0.2) is 5.75 Å². The molecule has 0 atom stereocenters. The van der Waals surface area contributed by atoms with Crippen molar-refractivity contribution in [2.24, 2.45) is 7.05 Å². The molecule has 0 saturated heterocycles. The lowest BCUT2D eigenvalue weighted by Gasteiger charge is -2.10. The van der Waals surface area contributed by atoms with Crippen LogP contribution in [0.25, 0.3) is 10.9 Å². The van der Waals surface area contributed by atoms with Gasteiger partial charge in [-0.05, 0) is 61.0 Å². The van der Waals surface area contributed by atoms with Crippen LogP contribution in [0, 0.1) is 13.8 Å². The number of halogens is 1. The first kappa shape index (κ1) is 20.4.